The SMILES string of the molecule is COC(=O)c1cccc(Oc2ccc(CC#N)cc2)c1N. The highest BCUT2D eigenvalue weighted by atomic mass is 16.5. The fourth-order valence-corrected chi connectivity index (χ4v) is 1.81. The van der Waals surface area contributed by atoms with Crippen LogP contribution in [0.15, 0.2) is 42.5 Å². The van der Waals surface area contributed by atoms with E-state index in [0.29, 0.717) is 17.9 Å². The number of hydrogen-bond donors (Lipinski definition) is 1. The Balaban J connectivity index is 2.23. The first-order valence-corrected chi connectivity index (χ1v) is 6.26. The molecular formula is C16H14N2O3. The summed E-state index contributed by atoms with van der Waals surface area (Å²) >= 11 is 0. The molecule has 0 amide bonds. The van der Waals surface area contributed by atoms with Crippen molar-refractivity contribution < 1.29 is 14.3 Å². The van der Waals surface area contributed by atoms with Crippen molar-refractivity contribution in [2.75, 3.05) is 12.8 Å². The summed E-state index contributed by atoms with van der Waals surface area (Å²) in [6, 6.07) is 14.1. The van der Waals surface area contributed by atoms with Crippen molar-refractivity contribution in [1.82, 2.24) is 0 Å². The summed E-state index contributed by atoms with van der Waals surface area (Å²) < 4.78 is 10.3. The van der Waals surface area contributed by atoms with Crippen LogP contribution in [0.5, 0.6) is 11.5 Å². The topological polar surface area (TPSA) is 85.3 Å². The van der Waals surface area contributed by atoms with Crippen LogP contribution in [0.2, 0.25) is 0 Å². The Labute approximate surface area is 122 Å². The molecule has 2 N–H and O–H groups in total. The number of nitrogens with two attached hydrogens (primary N) is 1. The molecule has 2 aromatic rings. The highest BCUT2D eigenvalue weighted by Crippen LogP contribution is 2.30. The van der Waals surface area contributed by atoms with Gasteiger partial charge in [-0.2, -0.15) is 5.26 Å². The number of rotatable bonds is 4. The standard InChI is InChI=1S/C16H14N2O3/c1-20-16(19)13-3-2-4-14(15(13)18)21-12-7-5-11(6-8-12)9-10-17/h2-8H,9,18H2,1H3. The summed E-state index contributed by atoms with van der Waals surface area (Å²) in [4.78, 5) is 11.6. The number of ether oxygens (including phenoxy) is 2. The summed E-state index contributed by atoms with van der Waals surface area (Å²) in [6.07, 6.45) is 0.347. The number of carbonyl (C=O) groups is 1. The number of hydrogen-bond acceptors (Lipinski definition) is 5. The second-order valence-electron chi connectivity index (χ2n) is 4.29. The summed E-state index contributed by atoms with van der Waals surface area (Å²) in [7, 11) is 1.29. The number of esters is 1. The van der Waals surface area contributed by atoms with E-state index in [2.05, 4.69) is 10.8 Å². The molecular weight excluding hydrogens is 268 g/mol. The van der Waals surface area contributed by atoms with Crippen molar-refractivity contribution in [3.05, 3.63) is 53.6 Å². The molecule has 0 saturated carbocycles. The number of methoxy groups -OCH3 is 1. The third kappa shape index (κ3) is 3.31. The lowest BCUT2D eigenvalue weighted by atomic mass is 10.1. The van der Waals surface area contributed by atoms with E-state index in [1.807, 2.05) is 0 Å². The van der Waals surface area contributed by atoms with Crippen LogP contribution in [0.4, 0.5) is 5.69 Å². The molecule has 0 atom stereocenters. The van der Waals surface area contributed by atoms with Gasteiger partial charge < -0.3 is 15.2 Å². The molecule has 0 heterocycles. The summed E-state index contributed by atoms with van der Waals surface area (Å²) in [5.74, 6) is 0.443. The van der Waals surface area contributed by atoms with Gasteiger partial charge >= 0.3 is 5.97 Å². The zero-order valence-corrected chi connectivity index (χ0v) is 11.5. The van der Waals surface area contributed by atoms with Crippen LogP contribution in [0.3, 0.4) is 0 Å². The molecule has 0 aliphatic carbocycles. The molecule has 5 heteroatoms. The van der Waals surface area contributed by atoms with Crippen molar-refractivity contribution >= 4 is 11.7 Å². The molecule has 0 fully saturated rings. The number of nitrogens with zero attached hydrogens (tertiary/aromatic N) is 1. The maximum atomic E-state index is 11.6. The fourth-order valence-electron chi connectivity index (χ4n) is 1.81. The third-order valence-corrected chi connectivity index (χ3v) is 2.91. The van der Waals surface area contributed by atoms with Crippen molar-refractivity contribution in [3.63, 3.8) is 0 Å². The smallest absolute Gasteiger partial charge is 0.340 e. The second kappa shape index (κ2) is 6.44. The van der Waals surface area contributed by atoms with Crippen LogP contribution in [0.25, 0.3) is 0 Å². The highest BCUT2D eigenvalue weighted by Gasteiger charge is 2.14. The van der Waals surface area contributed by atoms with Gasteiger partial charge in [0.05, 0.1) is 30.9 Å². The molecule has 2 rings (SSSR count). The van der Waals surface area contributed by atoms with Gasteiger partial charge in [-0.3, -0.25) is 0 Å². The monoisotopic (exact) mass is 282 g/mol. The van der Waals surface area contributed by atoms with Crippen LogP contribution >= 0.6 is 0 Å². The van der Waals surface area contributed by atoms with Crippen LogP contribution in [0.1, 0.15) is 15.9 Å². The minimum absolute atomic E-state index is 0.227. The largest absolute Gasteiger partial charge is 0.465 e. The zero-order valence-electron chi connectivity index (χ0n) is 11.5. The lowest BCUT2D eigenvalue weighted by Gasteiger charge is -2.11. The van der Waals surface area contributed by atoms with E-state index in [-0.39, 0.29) is 11.3 Å². The van der Waals surface area contributed by atoms with Crippen molar-refractivity contribution in [1.29, 1.82) is 5.26 Å². The van der Waals surface area contributed by atoms with E-state index in [1.54, 1.807) is 42.5 Å². The molecule has 0 saturated heterocycles. The Morgan fingerprint density at radius 1 is 1.24 bits per heavy atom. The number of anilines is 1. The predicted molar refractivity (Wildman–Crippen MR) is 78.0 cm³/mol. The van der Waals surface area contributed by atoms with Crippen molar-refractivity contribution in [2.45, 2.75) is 6.42 Å². The van der Waals surface area contributed by atoms with Gasteiger partial charge in [0.1, 0.15) is 5.75 Å². The predicted octanol–water partition coefficient (Wildman–Crippen LogP) is 2.91. The summed E-state index contributed by atoms with van der Waals surface area (Å²) in [6.45, 7) is 0. The number of benzene rings is 2. The maximum Gasteiger partial charge on any atom is 0.340 e. The molecule has 106 valence electrons. The zero-order chi connectivity index (χ0) is 15.2. The van der Waals surface area contributed by atoms with E-state index in [0.717, 1.165) is 5.56 Å². The van der Waals surface area contributed by atoms with Crippen molar-refractivity contribution in [3.8, 4) is 17.6 Å². The van der Waals surface area contributed by atoms with Gasteiger partial charge in [-0.25, -0.2) is 4.79 Å². The number of carbonyl (C=O) groups excluding carboxylic acids is 1. The van der Waals surface area contributed by atoms with Gasteiger partial charge in [-0.15, -0.1) is 0 Å². The minimum Gasteiger partial charge on any atom is -0.465 e. The highest BCUT2D eigenvalue weighted by molar-refractivity contribution is 5.96. The molecule has 0 radical (unpaired) electrons. The van der Waals surface area contributed by atoms with Gasteiger partial charge in [0.2, 0.25) is 0 Å². The first kappa shape index (κ1) is 14.4. The Morgan fingerprint density at radius 3 is 2.57 bits per heavy atom. The lowest BCUT2D eigenvalue weighted by Crippen LogP contribution is -2.06. The Morgan fingerprint density at radius 2 is 1.95 bits per heavy atom. The number of nitrogen functional groups attached to an aromatic ring is 1. The molecule has 0 aliphatic rings. The first-order valence-electron chi connectivity index (χ1n) is 6.26. The van der Waals surface area contributed by atoms with Crippen molar-refractivity contribution in [2.24, 2.45) is 0 Å². The molecule has 21 heavy (non-hydrogen) atoms. The average Bonchev–Trinajstić information content (AvgIpc) is 2.51. The van der Waals surface area contributed by atoms with Crippen LogP contribution < -0.4 is 10.5 Å². The maximum absolute atomic E-state index is 11.6. The first-order chi connectivity index (χ1) is 10.2. The molecule has 0 unspecified atom stereocenters. The Bertz CT molecular complexity index is 688. The molecule has 2 aromatic carbocycles. The average molecular weight is 282 g/mol. The normalized spacial score (nSPS) is 9.71. The van der Waals surface area contributed by atoms with Crippen LogP contribution in [-0.2, 0) is 11.2 Å². The molecule has 0 spiro atoms. The fraction of sp³-hybridized carbons (Fsp3) is 0.125. The molecule has 5 nitrogen and oxygen atoms in total. The molecule has 0 bridgehead atoms. The van der Waals surface area contributed by atoms with E-state index in [9.17, 15) is 4.79 Å². The summed E-state index contributed by atoms with van der Waals surface area (Å²) in [5.41, 5.74) is 7.31. The van der Waals surface area contributed by atoms with E-state index < -0.39 is 5.97 Å². The Kier molecular flexibility index (Phi) is 4.42. The number of nitriles is 1. The van der Waals surface area contributed by atoms with Gasteiger partial charge in [-0.05, 0) is 29.8 Å². The quantitative estimate of drug-likeness (QED) is 0.688. The van der Waals surface area contributed by atoms with E-state index in [4.69, 9.17) is 15.7 Å². The molecule has 0 aromatic heterocycles. The summed E-state index contributed by atoms with van der Waals surface area (Å²) in [5, 5.41) is 8.62. The third-order valence-electron chi connectivity index (χ3n) is 2.91. The van der Waals surface area contributed by atoms with Gasteiger partial charge in [-0.1, -0.05) is 18.2 Å². The van der Waals surface area contributed by atoms with Gasteiger partial charge in [0, 0.05) is 0 Å². The van der Waals surface area contributed by atoms with Gasteiger partial charge in [0.15, 0.2) is 5.75 Å². The van der Waals surface area contributed by atoms with E-state index >= 15 is 0 Å². The molecule has 0 aliphatic heterocycles. The Hall–Kier alpha value is -3.00. The lowest BCUT2D eigenvalue weighted by molar-refractivity contribution is 0.0601. The van der Waals surface area contributed by atoms with E-state index in [1.165, 1.54) is 7.11 Å². The van der Waals surface area contributed by atoms with Gasteiger partial charge in [0.25, 0.3) is 0 Å². The van der Waals surface area contributed by atoms with Crippen LogP contribution in [-0.4, -0.2) is 13.1 Å². The minimum atomic E-state index is -0.512. The second-order valence-corrected chi connectivity index (χ2v) is 4.29. The van der Waals surface area contributed by atoms with Crippen LogP contribution in [0, 0.1) is 11.3 Å². The number of para-hydroxylation sites is 1.